The molecule has 2 N–H and O–H groups in total. The first-order valence-corrected chi connectivity index (χ1v) is 12.3. The third-order valence-corrected chi connectivity index (χ3v) is 6.41. The molecule has 0 amide bonds. The van der Waals surface area contributed by atoms with Gasteiger partial charge in [-0.1, -0.05) is 66.7 Å². The van der Waals surface area contributed by atoms with Crippen LogP contribution < -0.4 is 4.74 Å². The van der Waals surface area contributed by atoms with Crippen molar-refractivity contribution in [3.8, 4) is 5.75 Å². The highest BCUT2D eigenvalue weighted by Crippen LogP contribution is 2.37. The van der Waals surface area contributed by atoms with E-state index in [9.17, 15) is 10.2 Å². The SMILES string of the molecule is CC(C)N(CC[C@H](c1ccccc1)c1cc(C(O)CO)ccc1OCc1ccccc1)C(C)C. The van der Waals surface area contributed by atoms with Crippen LogP contribution in [0.25, 0.3) is 0 Å². The van der Waals surface area contributed by atoms with Crippen molar-refractivity contribution in [2.75, 3.05) is 13.2 Å². The van der Waals surface area contributed by atoms with Crippen molar-refractivity contribution in [2.45, 2.75) is 64.8 Å². The van der Waals surface area contributed by atoms with Crippen molar-refractivity contribution in [1.82, 2.24) is 4.90 Å². The summed E-state index contributed by atoms with van der Waals surface area (Å²) in [6.07, 6.45) is 0.00182. The van der Waals surface area contributed by atoms with Crippen molar-refractivity contribution < 1.29 is 14.9 Å². The van der Waals surface area contributed by atoms with Crippen molar-refractivity contribution in [2.24, 2.45) is 0 Å². The van der Waals surface area contributed by atoms with E-state index in [1.165, 1.54) is 5.56 Å². The van der Waals surface area contributed by atoms with Crippen molar-refractivity contribution >= 4 is 0 Å². The van der Waals surface area contributed by atoms with E-state index in [0.29, 0.717) is 24.3 Å². The minimum Gasteiger partial charge on any atom is -0.489 e. The Morgan fingerprint density at radius 3 is 2.00 bits per heavy atom. The fourth-order valence-corrected chi connectivity index (χ4v) is 4.60. The number of hydrogen-bond acceptors (Lipinski definition) is 4. The van der Waals surface area contributed by atoms with E-state index in [4.69, 9.17) is 4.74 Å². The van der Waals surface area contributed by atoms with E-state index in [2.05, 4.69) is 69.0 Å². The van der Waals surface area contributed by atoms with Gasteiger partial charge in [0.15, 0.2) is 0 Å². The third kappa shape index (κ3) is 6.92. The predicted molar refractivity (Wildman–Crippen MR) is 139 cm³/mol. The van der Waals surface area contributed by atoms with Gasteiger partial charge >= 0.3 is 0 Å². The molecule has 3 rings (SSSR count). The van der Waals surface area contributed by atoms with Crippen molar-refractivity contribution in [3.05, 3.63) is 101 Å². The van der Waals surface area contributed by atoms with Gasteiger partial charge in [0.1, 0.15) is 18.5 Å². The lowest BCUT2D eigenvalue weighted by molar-refractivity contribution is 0.0954. The van der Waals surface area contributed by atoms with Crippen LogP contribution in [0.2, 0.25) is 0 Å². The number of hydrogen-bond donors (Lipinski definition) is 2. The summed E-state index contributed by atoms with van der Waals surface area (Å²) in [6, 6.07) is 27.3. The summed E-state index contributed by atoms with van der Waals surface area (Å²) >= 11 is 0. The Kier molecular flexibility index (Phi) is 9.70. The molecule has 0 aromatic heterocycles. The zero-order chi connectivity index (χ0) is 24.5. The fraction of sp³-hybridized carbons (Fsp3) is 0.400. The molecule has 34 heavy (non-hydrogen) atoms. The highest BCUT2D eigenvalue weighted by molar-refractivity contribution is 5.45. The molecule has 0 aliphatic rings. The Morgan fingerprint density at radius 2 is 1.41 bits per heavy atom. The summed E-state index contributed by atoms with van der Waals surface area (Å²) in [7, 11) is 0. The topological polar surface area (TPSA) is 52.9 Å². The van der Waals surface area contributed by atoms with Gasteiger partial charge < -0.3 is 14.9 Å². The summed E-state index contributed by atoms with van der Waals surface area (Å²) in [6.45, 7) is 10.1. The van der Waals surface area contributed by atoms with Crippen LogP contribution in [-0.4, -0.2) is 40.3 Å². The highest BCUT2D eigenvalue weighted by atomic mass is 16.5. The van der Waals surface area contributed by atoms with Gasteiger partial charge in [0.25, 0.3) is 0 Å². The number of ether oxygens (including phenoxy) is 1. The van der Waals surface area contributed by atoms with E-state index in [1.54, 1.807) is 0 Å². The summed E-state index contributed by atoms with van der Waals surface area (Å²) in [5.74, 6) is 0.907. The summed E-state index contributed by atoms with van der Waals surface area (Å²) in [5, 5.41) is 19.9. The molecule has 0 radical (unpaired) electrons. The van der Waals surface area contributed by atoms with E-state index in [-0.39, 0.29) is 12.5 Å². The second-order valence-electron chi connectivity index (χ2n) is 9.45. The zero-order valence-electron chi connectivity index (χ0n) is 20.9. The molecule has 182 valence electrons. The standard InChI is InChI=1S/C30H39NO3/c1-22(2)31(23(3)4)18-17-27(25-13-9-6-10-14-25)28-19-26(29(33)20-32)15-16-30(28)34-21-24-11-7-5-8-12-24/h5-16,19,22-23,27,29,32-33H,17-18,20-21H2,1-4H3/t27-,29?/m1/s1. The Balaban J connectivity index is 2.00. The minimum atomic E-state index is -0.916. The van der Waals surface area contributed by atoms with Crippen LogP contribution >= 0.6 is 0 Å². The third-order valence-electron chi connectivity index (χ3n) is 6.41. The van der Waals surface area contributed by atoms with Crippen LogP contribution in [0.1, 0.15) is 68.4 Å². The lowest BCUT2D eigenvalue weighted by atomic mass is 9.86. The zero-order valence-corrected chi connectivity index (χ0v) is 20.9. The van der Waals surface area contributed by atoms with E-state index in [0.717, 1.165) is 29.8 Å². The van der Waals surface area contributed by atoms with Crippen LogP contribution in [0.5, 0.6) is 5.75 Å². The molecular formula is C30H39NO3. The van der Waals surface area contributed by atoms with Crippen LogP contribution in [0, 0.1) is 0 Å². The molecule has 4 nitrogen and oxygen atoms in total. The summed E-state index contributed by atoms with van der Waals surface area (Å²) < 4.78 is 6.34. The molecule has 0 bridgehead atoms. The molecule has 3 aromatic rings. The van der Waals surface area contributed by atoms with Gasteiger partial charge in [-0.2, -0.15) is 0 Å². The van der Waals surface area contributed by atoms with Crippen molar-refractivity contribution in [3.63, 3.8) is 0 Å². The average molecular weight is 462 g/mol. The number of aliphatic hydroxyl groups is 2. The monoisotopic (exact) mass is 461 g/mol. The molecule has 4 heteroatoms. The van der Waals surface area contributed by atoms with Gasteiger partial charge in [-0.25, -0.2) is 0 Å². The lowest BCUT2D eigenvalue weighted by Crippen LogP contribution is -2.38. The van der Waals surface area contributed by atoms with Gasteiger partial charge in [-0.15, -0.1) is 0 Å². The maximum absolute atomic E-state index is 10.4. The molecule has 2 atom stereocenters. The van der Waals surface area contributed by atoms with Gasteiger partial charge in [0, 0.05) is 23.6 Å². The molecule has 1 unspecified atom stereocenters. The quantitative estimate of drug-likeness (QED) is 0.351. The first-order valence-electron chi connectivity index (χ1n) is 12.3. The van der Waals surface area contributed by atoms with Crippen molar-refractivity contribution in [1.29, 1.82) is 0 Å². The van der Waals surface area contributed by atoms with Gasteiger partial charge in [0.05, 0.1) is 6.61 Å². The Bertz CT molecular complexity index is 980. The second kappa shape index (κ2) is 12.7. The number of benzene rings is 3. The molecule has 0 aliphatic carbocycles. The van der Waals surface area contributed by atoms with Crippen LogP contribution in [0.15, 0.2) is 78.9 Å². The molecule has 0 saturated carbocycles. The molecule has 0 aliphatic heterocycles. The Labute approximate surface area is 204 Å². The first kappa shape index (κ1) is 26.0. The first-order chi connectivity index (χ1) is 16.4. The van der Waals surface area contributed by atoms with E-state index < -0.39 is 6.10 Å². The van der Waals surface area contributed by atoms with Gasteiger partial charge in [-0.05, 0) is 69.5 Å². The van der Waals surface area contributed by atoms with E-state index in [1.807, 2.05) is 42.5 Å². The molecule has 0 heterocycles. The lowest BCUT2D eigenvalue weighted by Gasteiger charge is -2.32. The molecule has 3 aromatic carbocycles. The van der Waals surface area contributed by atoms with Gasteiger partial charge in [-0.3, -0.25) is 4.90 Å². The highest BCUT2D eigenvalue weighted by Gasteiger charge is 2.23. The normalized spacial score (nSPS) is 13.4. The maximum atomic E-state index is 10.4. The molecule has 0 fully saturated rings. The average Bonchev–Trinajstić information content (AvgIpc) is 2.85. The minimum absolute atomic E-state index is 0.0952. The number of aliphatic hydroxyl groups excluding tert-OH is 2. The second-order valence-corrected chi connectivity index (χ2v) is 9.45. The Morgan fingerprint density at radius 1 is 0.794 bits per heavy atom. The smallest absolute Gasteiger partial charge is 0.123 e. The Hall–Kier alpha value is -2.66. The maximum Gasteiger partial charge on any atom is 0.123 e. The molecule has 0 saturated heterocycles. The molecule has 0 spiro atoms. The summed E-state index contributed by atoms with van der Waals surface area (Å²) in [5.41, 5.74) is 4.07. The van der Waals surface area contributed by atoms with Gasteiger partial charge in [0.2, 0.25) is 0 Å². The fourth-order valence-electron chi connectivity index (χ4n) is 4.60. The van der Waals surface area contributed by atoms with Crippen LogP contribution in [-0.2, 0) is 6.61 Å². The molecular weight excluding hydrogens is 422 g/mol. The predicted octanol–water partition coefficient (Wildman–Crippen LogP) is 5.93. The largest absolute Gasteiger partial charge is 0.489 e. The number of nitrogens with zero attached hydrogens (tertiary/aromatic N) is 1. The van der Waals surface area contributed by atoms with E-state index >= 15 is 0 Å². The summed E-state index contributed by atoms with van der Waals surface area (Å²) in [4.78, 5) is 2.51. The van der Waals surface area contributed by atoms with Crippen LogP contribution in [0.4, 0.5) is 0 Å². The van der Waals surface area contributed by atoms with Crippen LogP contribution in [0.3, 0.4) is 0 Å². The number of rotatable bonds is 12.